The minimum atomic E-state index is -4.36. The molecule has 3 aliphatic heterocycles. The first-order valence-corrected chi connectivity index (χ1v) is 9.93. The summed E-state index contributed by atoms with van der Waals surface area (Å²) in [6.07, 6.45) is -2.38. The second-order valence-corrected chi connectivity index (χ2v) is 8.66. The molecule has 0 radical (unpaired) electrons. The van der Waals surface area contributed by atoms with Crippen LogP contribution in [-0.4, -0.2) is 40.2 Å². The maximum Gasteiger partial charge on any atom is 0.416 e. The van der Waals surface area contributed by atoms with Crippen molar-refractivity contribution in [1.82, 2.24) is 9.80 Å². The van der Waals surface area contributed by atoms with Gasteiger partial charge in [-0.25, -0.2) is 0 Å². The molecule has 28 heavy (non-hydrogen) atoms. The number of halogens is 3. The Morgan fingerprint density at radius 1 is 1.14 bits per heavy atom. The number of piperidine rings is 2. The van der Waals surface area contributed by atoms with Gasteiger partial charge in [0.05, 0.1) is 11.5 Å². The van der Waals surface area contributed by atoms with Crippen molar-refractivity contribution in [3.63, 3.8) is 0 Å². The van der Waals surface area contributed by atoms with Crippen molar-refractivity contribution < 1.29 is 22.8 Å². The van der Waals surface area contributed by atoms with Crippen LogP contribution in [0.1, 0.15) is 44.2 Å². The summed E-state index contributed by atoms with van der Waals surface area (Å²) in [6.45, 7) is 5.05. The summed E-state index contributed by atoms with van der Waals surface area (Å²) in [4.78, 5) is 29.4. The summed E-state index contributed by atoms with van der Waals surface area (Å²) in [5.41, 5.74) is 0.0141. The minimum absolute atomic E-state index is 0.00925. The lowest BCUT2D eigenvalue weighted by molar-refractivity contribution is -0.151. The van der Waals surface area contributed by atoms with E-state index in [4.69, 9.17) is 0 Å². The number of nitrogens with zero attached hydrogens (tertiary/aromatic N) is 2. The number of carbonyl (C=O) groups excluding carboxylic acids is 2. The molecule has 1 aromatic rings. The minimum Gasteiger partial charge on any atom is -0.338 e. The Bertz CT molecular complexity index is 775. The molecule has 7 heteroatoms. The highest BCUT2D eigenvalue weighted by Crippen LogP contribution is 2.46. The highest BCUT2D eigenvalue weighted by molar-refractivity contribution is 5.85. The van der Waals surface area contributed by atoms with Crippen LogP contribution in [0.25, 0.3) is 0 Å². The molecule has 0 spiro atoms. The van der Waals surface area contributed by atoms with E-state index in [1.165, 1.54) is 12.1 Å². The number of hydrogen-bond acceptors (Lipinski definition) is 2. The molecule has 3 aliphatic rings. The number of likely N-dealkylation sites (tertiary alicyclic amines) is 1. The van der Waals surface area contributed by atoms with Gasteiger partial charge in [-0.3, -0.25) is 9.59 Å². The van der Waals surface area contributed by atoms with Gasteiger partial charge in [0.25, 0.3) is 0 Å². The molecule has 4 rings (SSSR count). The van der Waals surface area contributed by atoms with Crippen LogP contribution in [0.15, 0.2) is 24.3 Å². The van der Waals surface area contributed by atoms with Crippen molar-refractivity contribution in [3.8, 4) is 0 Å². The van der Waals surface area contributed by atoms with Gasteiger partial charge in [-0.2, -0.15) is 13.2 Å². The summed E-state index contributed by atoms with van der Waals surface area (Å²) in [5, 5.41) is 0. The Kier molecular flexibility index (Phi) is 4.67. The smallest absolute Gasteiger partial charge is 0.338 e. The van der Waals surface area contributed by atoms with Gasteiger partial charge < -0.3 is 9.80 Å². The van der Waals surface area contributed by atoms with Crippen LogP contribution < -0.4 is 0 Å². The van der Waals surface area contributed by atoms with Crippen molar-refractivity contribution in [3.05, 3.63) is 35.4 Å². The third kappa shape index (κ3) is 3.18. The first-order valence-electron chi connectivity index (χ1n) is 9.93. The van der Waals surface area contributed by atoms with Gasteiger partial charge >= 0.3 is 6.18 Å². The van der Waals surface area contributed by atoms with Crippen molar-refractivity contribution in [2.75, 3.05) is 6.54 Å². The number of amides is 2. The van der Waals surface area contributed by atoms with E-state index in [1.54, 1.807) is 4.90 Å². The highest BCUT2D eigenvalue weighted by atomic mass is 19.4. The molecule has 2 amide bonds. The van der Waals surface area contributed by atoms with Crippen LogP contribution in [0.2, 0.25) is 0 Å². The van der Waals surface area contributed by atoms with E-state index in [0.29, 0.717) is 37.4 Å². The maximum atomic E-state index is 13.2. The number of benzene rings is 1. The fourth-order valence-corrected chi connectivity index (χ4v) is 5.25. The van der Waals surface area contributed by atoms with Crippen LogP contribution in [0.4, 0.5) is 13.2 Å². The van der Waals surface area contributed by atoms with E-state index in [-0.39, 0.29) is 35.7 Å². The lowest BCUT2D eigenvalue weighted by Gasteiger charge is -2.47. The van der Waals surface area contributed by atoms with Crippen LogP contribution >= 0.6 is 0 Å². The van der Waals surface area contributed by atoms with E-state index < -0.39 is 11.7 Å². The van der Waals surface area contributed by atoms with Crippen LogP contribution in [0.3, 0.4) is 0 Å². The second kappa shape index (κ2) is 6.78. The van der Waals surface area contributed by atoms with Gasteiger partial charge in [-0.1, -0.05) is 26.0 Å². The first kappa shape index (κ1) is 19.3. The van der Waals surface area contributed by atoms with E-state index >= 15 is 0 Å². The topological polar surface area (TPSA) is 40.6 Å². The van der Waals surface area contributed by atoms with Crippen LogP contribution in [-0.2, 0) is 22.3 Å². The zero-order valence-corrected chi connectivity index (χ0v) is 16.1. The fraction of sp³-hybridized carbons (Fsp3) is 0.619. The average Bonchev–Trinajstić information content (AvgIpc) is 3.04. The number of carbonyl (C=O) groups is 2. The standard InChI is InChI=1S/C21H25F3N2O2/c1-12(2)17-9-16-19-14(5-8-18(27)26(17)19)11-25(20(16)28)10-13-3-6-15(7-4-13)21(22,23)24/h3-4,6-7,12,14,16-17,19H,5,8-11H2,1-2H3/t14-,16?,17-,19?/m1/s1. The molecule has 0 saturated carbocycles. The molecule has 0 aliphatic carbocycles. The van der Waals surface area contributed by atoms with E-state index in [1.807, 2.05) is 4.90 Å². The van der Waals surface area contributed by atoms with Gasteiger partial charge in [0.15, 0.2) is 0 Å². The van der Waals surface area contributed by atoms with E-state index in [9.17, 15) is 22.8 Å². The van der Waals surface area contributed by atoms with Crippen molar-refractivity contribution in [1.29, 1.82) is 0 Å². The van der Waals surface area contributed by atoms with Crippen molar-refractivity contribution >= 4 is 11.8 Å². The van der Waals surface area contributed by atoms with E-state index in [0.717, 1.165) is 18.6 Å². The number of hydrogen-bond donors (Lipinski definition) is 0. The molecular weight excluding hydrogens is 369 g/mol. The molecule has 0 aromatic heterocycles. The summed E-state index contributed by atoms with van der Waals surface area (Å²) >= 11 is 0. The first-order chi connectivity index (χ1) is 13.2. The third-order valence-electron chi connectivity index (χ3n) is 6.59. The van der Waals surface area contributed by atoms with Crippen LogP contribution in [0, 0.1) is 17.8 Å². The zero-order chi connectivity index (χ0) is 20.2. The van der Waals surface area contributed by atoms with Gasteiger partial charge in [0, 0.05) is 31.6 Å². The normalized spacial score (nSPS) is 30.2. The highest BCUT2D eigenvalue weighted by Gasteiger charge is 2.56. The Hall–Kier alpha value is -2.05. The van der Waals surface area contributed by atoms with Crippen LogP contribution in [0.5, 0.6) is 0 Å². The SMILES string of the molecule is CC(C)[C@H]1CC2C(=O)N(Cc3ccc(C(F)(F)F)cc3)C[C@H]3CCC(=O)N1C23. The Balaban J connectivity index is 1.54. The molecule has 0 N–H and O–H groups in total. The molecule has 4 atom stereocenters. The molecule has 4 nitrogen and oxygen atoms in total. The van der Waals surface area contributed by atoms with Gasteiger partial charge in [-0.15, -0.1) is 0 Å². The predicted octanol–water partition coefficient (Wildman–Crippen LogP) is 3.70. The summed E-state index contributed by atoms with van der Waals surface area (Å²) in [5.74, 6) is 0.545. The quantitative estimate of drug-likeness (QED) is 0.784. The molecule has 1 aromatic carbocycles. The Morgan fingerprint density at radius 2 is 1.82 bits per heavy atom. The monoisotopic (exact) mass is 394 g/mol. The number of rotatable bonds is 3. The zero-order valence-electron chi connectivity index (χ0n) is 16.1. The fourth-order valence-electron chi connectivity index (χ4n) is 5.25. The van der Waals surface area contributed by atoms with Gasteiger partial charge in [0.2, 0.25) is 11.8 Å². The maximum absolute atomic E-state index is 13.2. The molecule has 2 unspecified atom stereocenters. The Labute approximate surface area is 162 Å². The molecule has 3 saturated heterocycles. The average molecular weight is 394 g/mol. The van der Waals surface area contributed by atoms with Crippen molar-refractivity contribution in [2.45, 2.75) is 57.9 Å². The summed E-state index contributed by atoms with van der Waals surface area (Å²) < 4.78 is 38.3. The summed E-state index contributed by atoms with van der Waals surface area (Å²) in [7, 11) is 0. The second-order valence-electron chi connectivity index (χ2n) is 8.66. The lowest BCUT2D eigenvalue weighted by atomic mass is 9.78. The van der Waals surface area contributed by atoms with Crippen molar-refractivity contribution in [2.24, 2.45) is 17.8 Å². The molecule has 3 fully saturated rings. The third-order valence-corrected chi connectivity index (χ3v) is 6.59. The molecule has 0 bridgehead atoms. The van der Waals surface area contributed by atoms with Gasteiger partial charge in [0.1, 0.15) is 0 Å². The van der Waals surface area contributed by atoms with Gasteiger partial charge in [-0.05, 0) is 42.4 Å². The molecule has 3 heterocycles. The largest absolute Gasteiger partial charge is 0.416 e. The summed E-state index contributed by atoms with van der Waals surface area (Å²) in [6, 6.07) is 5.12. The lowest BCUT2D eigenvalue weighted by Crippen LogP contribution is -2.59. The molecular formula is C21H25F3N2O2. The predicted molar refractivity (Wildman–Crippen MR) is 97.0 cm³/mol. The number of alkyl halides is 3. The Morgan fingerprint density at radius 3 is 2.43 bits per heavy atom. The van der Waals surface area contributed by atoms with E-state index in [2.05, 4.69) is 13.8 Å². The molecule has 152 valence electrons.